The fourth-order valence-corrected chi connectivity index (χ4v) is 2.84. The van der Waals surface area contributed by atoms with Crippen LogP contribution < -0.4 is 5.32 Å². The van der Waals surface area contributed by atoms with Crippen molar-refractivity contribution in [2.45, 2.75) is 18.9 Å². The molecule has 0 amide bonds. The van der Waals surface area contributed by atoms with E-state index < -0.39 is 0 Å². The molecule has 4 heteroatoms. The molecule has 1 atom stereocenters. The molecule has 0 saturated carbocycles. The Balaban J connectivity index is 1.92. The molecule has 0 saturated heterocycles. The standard InChI is InChI=1S/C15H12BrN3/c16-12-5-3-11(9-17)14(8-12)19-13-6-4-10-2-1-7-18-15(10)13/h1-3,5,7-8,13,19H,4,6H2. The highest BCUT2D eigenvalue weighted by molar-refractivity contribution is 9.10. The highest BCUT2D eigenvalue weighted by Crippen LogP contribution is 2.33. The summed E-state index contributed by atoms with van der Waals surface area (Å²) in [7, 11) is 0. The lowest BCUT2D eigenvalue weighted by molar-refractivity contribution is 0.745. The van der Waals surface area contributed by atoms with Crippen LogP contribution in [0, 0.1) is 11.3 Å². The highest BCUT2D eigenvalue weighted by Gasteiger charge is 2.23. The van der Waals surface area contributed by atoms with Gasteiger partial charge in [0.05, 0.1) is 23.0 Å². The number of aryl methyl sites for hydroxylation is 1. The van der Waals surface area contributed by atoms with E-state index in [0.29, 0.717) is 5.56 Å². The first-order valence-corrected chi connectivity index (χ1v) is 6.97. The molecule has 19 heavy (non-hydrogen) atoms. The Kier molecular flexibility index (Phi) is 3.22. The summed E-state index contributed by atoms with van der Waals surface area (Å²) in [6.07, 6.45) is 3.88. The topological polar surface area (TPSA) is 48.7 Å². The molecule has 3 rings (SSSR count). The van der Waals surface area contributed by atoms with Crippen molar-refractivity contribution in [3.8, 4) is 6.07 Å². The predicted molar refractivity (Wildman–Crippen MR) is 77.8 cm³/mol. The van der Waals surface area contributed by atoms with Crippen LogP contribution in [0.2, 0.25) is 0 Å². The predicted octanol–water partition coefficient (Wildman–Crippen LogP) is 3.82. The molecule has 1 aromatic carbocycles. The van der Waals surface area contributed by atoms with E-state index in [4.69, 9.17) is 5.26 Å². The average Bonchev–Trinajstić information content (AvgIpc) is 2.83. The van der Waals surface area contributed by atoms with Gasteiger partial charge < -0.3 is 5.32 Å². The normalized spacial score (nSPS) is 16.7. The van der Waals surface area contributed by atoms with E-state index >= 15 is 0 Å². The maximum atomic E-state index is 9.16. The van der Waals surface area contributed by atoms with Gasteiger partial charge in [0.15, 0.2) is 0 Å². The fraction of sp³-hybridized carbons (Fsp3) is 0.200. The van der Waals surface area contributed by atoms with Crippen molar-refractivity contribution in [1.82, 2.24) is 4.98 Å². The van der Waals surface area contributed by atoms with Crippen LogP contribution in [0.25, 0.3) is 0 Å². The van der Waals surface area contributed by atoms with Crippen molar-refractivity contribution in [2.24, 2.45) is 0 Å². The number of aromatic nitrogens is 1. The summed E-state index contributed by atoms with van der Waals surface area (Å²) in [5, 5.41) is 12.6. The second-order valence-corrected chi connectivity index (χ2v) is 5.50. The smallest absolute Gasteiger partial charge is 0.101 e. The van der Waals surface area contributed by atoms with Crippen LogP contribution in [-0.4, -0.2) is 4.98 Å². The Hall–Kier alpha value is -1.86. The third-order valence-electron chi connectivity index (χ3n) is 3.39. The summed E-state index contributed by atoms with van der Waals surface area (Å²) in [5.41, 5.74) is 3.92. The molecule has 94 valence electrons. The summed E-state index contributed by atoms with van der Waals surface area (Å²) in [5.74, 6) is 0. The van der Waals surface area contributed by atoms with Crippen molar-refractivity contribution < 1.29 is 0 Å². The molecule has 0 aliphatic heterocycles. The van der Waals surface area contributed by atoms with Crippen LogP contribution in [0.15, 0.2) is 41.0 Å². The van der Waals surface area contributed by atoms with Gasteiger partial charge in [-0.15, -0.1) is 0 Å². The third-order valence-corrected chi connectivity index (χ3v) is 3.88. The van der Waals surface area contributed by atoms with Crippen molar-refractivity contribution >= 4 is 21.6 Å². The zero-order valence-corrected chi connectivity index (χ0v) is 11.8. The van der Waals surface area contributed by atoms with Crippen LogP contribution in [-0.2, 0) is 6.42 Å². The van der Waals surface area contributed by atoms with Crippen LogP contribution in [0.4, 0.5) is 5.69 Å². The SMILES string of the molecule is N#Cc1ccc(Br)cc1NC1CCc2cccnc21. The minimum absolute atomic E-state index is 0.192. The molecule has 0 fully saturated rings. The van der Waals surface area contributed by atoms with E-state index in [0.717, 1.165) is 28.7 Å². The van der Waals surface area contributed by atoms with Gasteiger partial charge in [-0.2, -0.15) is 5.26 Å². The van der Waals surface area contributed by atoms with Gasteiger partial charge in [-0.3, -0.25) is 4.98 Å². The summed E-state index contributed by atoms with van der Waals surface area (Å²) in [6.45, 7) is 0. The van der Waals surface area contributed by atoms with Gasteiger partial charge in [-0.25, -0.2) is 0 Å². The number of rotatable bonds is 2. The number of hydrogen-bond donors (Lipinski definition) is 1. The maximum absolute atomic E-state index is 9.16. The molecule has 1 unspecified atom stereocenters. The molecule has 0 bridgehead atoms. The van der Waals surface area contributed by atoms with Gasteiger partial charge >= 0.3 is 0 Å². The number of nitrogens with one attached hydrogen (secondary N) is 1. The molecular weight excluding hydrogens is 302 g/mol. The van der Waals surface area contributed by atoms with Gasteiger partial charge in [0.2, 0.25) is 0 Å². The average molecular weight is 314 g/mol. The third kappa shape index (κ3) is 2.34. The lowest BCUT2D eigenvalue weighted by Gasteiger charge is -2.16. The van der Waals surface area contributed by atoms with Gasteiger partial charge in [-0.05, 0) is 42.7 Å². The second-order valence-electron chi connectivity index (χ2n) is 4.59. The van der Waals surface area contributed by atoms with Gasteiger partial charge in [0, 0.05) is 10.7 Å². The van der Waals surface area contributed by atoms with E-state index in [-0.39, 0.29) is 6.04 Å². The Morgan fingerprint density at radius 3 is 3.11 bits per heavy atom. The molecule has 1 heterocycles. The Bertz CT molecular complexity index is 661. The molecule has 2 aromatic rings. The minimum Gasteiger partial charge on any atom is -0.376 e. The summed E-state index contributed by atoms with van der Waals surface area (Å²) >= 11 is 3.44. The molecular formula is C15H12BrN3. The Morgan fingerprint density at radius 1 is 1.37 bits per heavy atom. The number of nitrogens with zero attached hydrogens (tertiary/aromatic N) is 2. The lowest BCUT2D eigenvalue weighted by Crippen LogP contribution is -2.09. The summed E-state index contributed by atoms with van der Waals surface area (Å²) in [4.78, 5) is 4.46. The van der Waals surface area contributed by atoms with Gasteiger partial charge in [0.1, 0.15) is 6.07 Å². The summed E-state index contributed by atoms with van der Waals surface area (Å²) < 4.78 is 0.966. The first-order chi connectivity index (χ1) is 9.28. The largest absolute Gasteiger partial charge is 0.376 e. The molecule has 1 aliphatic carbocycles. The van der Waals surface area contributed by atoms with Gasteiger partial charge in [0.25, 0.3) is 0 Å². The first-order valence-electron chi connectivity index (χ1n) is 6.18. The molecule has 0 spiro atoms. The lowest BCUT2D eigenvalue weighted by atomic mass is 10.1. The quantitative estimate of drug-likeness (QED) is 0.917. The van der Waals surface area contributed by atoms with Crippen molar-refractivity contribution in [2.75, 3.05) is 5.32 Å². The van der Waals surface area contributed by atoms with E-state index in [1.54, 1.807) is 0 Å². The second kappa shape index (κ2) is 5.02. The molecule has 1 aromatic heterocycles. The zero-order valence-electron chi connectivity index (χ0n) is 10.2. The van der Waals surface area contributed by atoms with Crippen molar-refractivity contribution in [1.29, 1.82) is 5.26 Å². The number of halogens is 1. The Morgan fingerprint density at radius 2 is 2.26 bits per heavy atom. The van der Waals surface area contributed by atoms with Crippen LogP contribution in [0.3, 0.4) is 0 Å². The number of hydrogen-bond acceptors (Lipinski definition) is 3. The summed E-state index contributed by atoms with van der Waals surface area (Å²) in [6, 6.07) is 12.1. The highest BCUT2D eigenvalue weighted by atomic mass is 79.9. The van der Waals surface area contributed by atoms with E-state index in [1.807, 2.05) is 30.5 Å². The van der Waals surface area contributed by atoms with E-state index in [1.165, 1.54) is 5.56 Å². The number of benzene rings is 1. The number of anilines is 1. The fourth-order valence-electron chi connectivity index (χ4n) is 2.47. The molecule has 1 aliphatic rings. The van der Waals surface area contributed by atoms with Crippen LogP contribution >= 0.6 is 15.9 Å². The number of pyridine rings is 1. The minimum atomic E-state index is 0.192. The Labute approximate surface area is 120 Å². The van der Waals surface area contributed by atoms with Crippen molar-refractivity contribution in [3.05, 3.63) is 57.8 Å². The molecule has 1 N–H and O–H groups in total. The van der Waals surface area contributed by atoms with Crippen LogP contribution in [0.5, 0.6) is 0 Å². The van der Waals surface area contributed by atoms with Crippen molar-refractivity contribution in [3.63, 3.8) is 0 Å². The van der Waals surface area contributed by atoms with E-state index in [9.17, 15) is 0 Å². The van der Waals surface area contributed by atoms with Crippen LogP contribution in [0.1, 0.15) is 29.3 Å². The number of fused-ring (bicyclic) bond motifs is 1. The van der Waals surface area contributed by atoms with E-state index in [2.05, 4.69) is 38.4 Å². The molecule has 3 nitrogen and oxygen atoms in total. The van der Waals surface area contributed by atoms with Gasteiger partial charge in [-0.1, -0.05) is 22.0 Å². The monoisotopic (exact) mass is 313 g/mol. The first kappa shape index (κ1) is 12.2. The zero-order chi connectivity index (χ0) is 13.2. The number of nitriles is 1. The maximum Gasteiger partial charge on any atom is 0.101 e. The molecule has 0 radical (unpaired) electrons.